The molecule has 1 aliphatic rings. The van der Waals surface area contributed by atoms with E-state index in [4.69, 9.17) is 14.2 Å². The highest BCUT2D eigenvalue weighted by Crippen LogP contribution is 2.18. The van der Waals surface area contributed by atoms with Gasteiger partial charge in [0.1, 0.15) is 24.9 Å². The van der Waals surface area contributed by atoms with E-state index < -0.39 is 41.7 Å². The van der Waals surface area contributed by atoms with Crippen LogP contribution < -0.4 is 5.32 Å². The third-order valence-corrected chi connectivity index (χ3v) is 4.88. The molecular formula is C25H28N2O7. The number of amides is 3. The Labute approximate surface area is 198 Å². The maximum absolute atomic E-state index is 13.4. The minimum absolute atomic E-state index is 0.0179. The lowest BCUT2D eigenvalue weighted by Crippen LogP contribution is -2.54. The quantitative estimate of drug-likeness (QED) is 0.491. The molecule has 3 rings (SSSR count). The SMILES string of the molecule is CC(C)(C)OC(=O)N[C@@H](Cc1ccccc1)C(=O)N1C(=O)OC[C@@H]1C(=O)OCc1ccccc1. The van der Waals surface area contributed by atoms with Gasteiger partial charge in [0, 0.05) is 6.42 Å². The number of carbonyl (C=O) groups excluding carboxylic acids is 4. The van der Waals surface area contributed by atoms with Crippen LogP contribution in [0.3, 0.4) is 0 Å². The molecule has 9 heteroatoms. The van der Waals surface area contributed by atoms with Crippen LogP contribution in [0, 0.1) is 0 Å². The lowest BCUT2D eigenvalue weighted by molar-refractivity contribution is -0.153. The van der Waals surface area contributed by atoms with E-state index in [0.29, 0.717) is 4.90 Å². The number of ether oxygens (including phenoxy) is 3. The molecule has 34 heavy (non-hydrogen) atoms. The largest absolute Gasteiger partial charge is 0.459 e. The summed E-state index contributed by atoms with van der Waals surface area (Å²) in [6.45, 7) is 4.73. The van der Waals surface area contributed by atoms with Gasteiger partial charge in [-0.25, -0.2) is 19.3 Å². The Kier molecular flexibility index (Phi) is 7.88. The van der Waals surface area contributed by atoms with Crippen LogP contribution in [0.1, 0.15) is 31.9 Å². The van der Waals surface area contributed by atoms with E-state index >= 15 is 0 Å². The number of rotatable bonds is 7. The number of alkyl carbamates (subject to hydrolysis) is 1. The first-order chi connectivity index (χ1) is 16.1. The highest BCUT2D eigenvalue weighted by molar-refractivity contribution is 6.01. The van der Waals surface area contributed by atoms with Crippen molar-refractivity contribution in [3.8, 4) is 0 Å². The van der Waals surface area contributed by atoms with Crippen LogP contribution in [0.15, 0.2) is 60.7 Å². The molecule has 1 heterocycles. The van der Waals surface area contributed by atoms with Gasteiger partial charge in [0.05, 0.1) is 0 Å². The Morgan fingerprint density at radius 3 is 2.21 bits per heavy atom. The van der Waals surface area contributed by atoms with Gasteiger partial charge in [0.15, 0.2) is 6.04 Å². The number of cyclic esters (lactones) is 1. The number of esters is 1. The van der Waals surface area contributed by atoms with Gasteiger partial charge in [-0.15, -0.1) is 0 Å². The molecule has 2 aromatic carbocycles. The third-order valence-electron chi connectivity index (χ3n) is 4.88. The van der Waals surface area contributed by atoms with Crippen LogP contribution in [-0.2, 0) is 36.8 Å². The number of hydrogen-bond acceptors (Lipinski definition) is 7. The number of imide groups is 1. The molecule has 0 bridgehead atoms. The number of carbonyl (C=O) groups is 4. The second-order valence-corrected chi connectivity index (χ2v) is 8.78. The summed E-state index contributed by atoms with van der Waals surface area (Å²) in [5, 5.41) is 2.52. The smallest absolute Gasteiger partial charge is 0.417 e. The monoisotopic (exact) mass is 468 g/mol. The van der Waals surface area contributed by atoms with Gasteiger partial charge in [-0.2, -0.15) is 0 Å². The Morgan fingerprint density at radius 1 is 1.03 bits per heavy atom. The molecule has 1 saturated heterocycles. The van der Waals surface area contributed by atoms with Crippen molar-refractivity contribution in [1.29, 1.82) is 0 Å². The van der Waals surface area contributed by atoms with Gasteiger partial charge in [0.2, 0.25) is 0 Å². The Bertz CT molecular complexity index is 1020. The summed E-state index contributed by atoms with van der Waals surface area (Å²) in [6, 6.07) is 15.5. The fraction of sp³-hybridized carbons (Fsp3) is 0.360. The van der Waals surface area contributed by atoms with E-state index in [-0.39, 0.29) is 19.6 Å². The molecule has 9 nitrogen and oxygen atoms in total. The molecule has 0 aliphatic carbocycles. The van der Waals surface area contributed by atoms with Crippen LogP contribution >= 0.6 is 0 Å². The molecular weight excluding hydrogens is 440 g/mol. The van der Waals surface area contributed by atoms with Gasteiger partial charge in [-0.3, -0.25) is 4.79 Å². The van der Waals surface area contributed by atoms with Crippen molar-refractivity contribution in [2.24, 2.45) is 0 Å². The molecule has 0 aromatic heterocycles. The second kappa shape index (κ2) is 10.8. The Balaban J connectivity index is 1.76. The standard InChI is InChI=1S/C25H28N2O7/c1-25(2,3)34-23(30)26-19(14-17-10-6-4-7-11-17)21(28)27-20(16-33-24(27)31)22(29)32-15-18-12-8-5-9-13-18/h4-13,19-20H,14-16H2,1-3H3,(H,26,30)/t19-,20+/m0/s1. The highest BCUT2D eigenvalue weighted by Gasteiger charge is 2.46. The average Bonchev–Trinajstić information content (AvgIpc) is 3.18. The van der Waals surface area contributed by atoms with E-state index in [1.54, 1.807) is 69.3 Å². The first-order valence-corrected chi connectivity index (χ1v) is 10.9. The van der Waals surface area contributed by atoms with E-state index in [1.165, 1.54) is 0 Å². The van der Waals surface area contributed by atoms with E-state index in [1.807, 2.05) is 12.1 Å². The molecule has 0 saturated carbocycles. The molecule has 0 radical (unpaired) electrons. The van der Waals surface area contributed by atoms with E-state index in [9.17, 15) is 19.2 Å². The van der Waals surface area contributed by atoms with Crippen molar-refractivity contribution >= 4 is 24.1 Å². The Hall–Kier alpha value is -3.88. The average molecular weight is 469 g/mol. The molecule has 1 aliphatic heterocycles. The molecule has 3 amide bonds. The van der Waals surface area contributed by atoms with Crippen LogP contribution in [0.4, 0.5) is 9.59 Å². The summed E-state index contributed by atoms with van der Waals surface area (Å²) >= 11 is 0. The second-order valence-electron chi connectivity index (χ2n) is 8.78. The molecule has 0 spiro atoms. The summed E-state index contributed by atoms with van der Waals surface area (Å²) in [5.74, 6) is -1.57. The predicted octanol–water partition coefficient (Wildman–Crippen LogP) is 3.21. The van der Waals surface area contributed by atoms with Crippen molar-refractivity contribution in [3.05, 3.63) is 71.8 Å². The molecule has 1 fully saturated rings. The van der Waals surface area contributed by atoms with Crippen molar-refractivity contribution in [3.63, 3.8) is 0 Å². The minimum atomic E-state index is -1.26. The number of hydrogen-bond donors (Lipinski definition) is 1. The van der Waals surface area contributed by atoms with E-state index in [0.717, 1.165) is 11.1 Å². The van der Waals surface area contributed by atoms with Crippen molar-refractivity contribution in [1.82, 2.24) is 10.2 Å². The molecule has 1 N–H and O–H groups in total. The minimum Gasteiger partial charge on any atom is -0.459 e. The summed E-state index contributed by atoms with van der Waals surface area (Å²) < 4.78 is 15.6. The van der Waals surface area contributed by atoms with Crippen molar-refractivity contribution in [2.45, 2.75) is 51.5 Å². The summed E-state index contributed by atoms with van der Waals surface area (Å²) in [6.07, 6.45) is -1.72. The van der Waals surface area contributed by atoms with Gasteiger partial charge in [0.25, 0.3) is 5.91 Å². The zero-order valence-electron chi connectivity index (χ0n) is 19.4. The summed E-state index contributed by atoms with van der Waals surface area (Å²) in [7, 11) is 0. The fourth-order valence-electron chi connectivity index (χ4n) is 3.33. The predicted molar refractivity (Wildman–Crippen MR) is 122 cm³/mol. The zero-order chi connectivity index (χ0) is 24.7. The molecule has 2 atom stereocenters. The molecule has 2 aromatic rings. The van der Waals surface area contributed by atoms with Gasteiger partial charge >= 0.3 is 18.2 Å². The van der Waals surface area contributed by atoms with Gasteiger partial charge in [-0.1, -0.05) is 60.7 Å². The van der Waals surface area contributed by atoms with Crippen LogP contribution in [0.25, 0.3) is 0 Å². The van der Waals surface area contributed by atoms with Gasteiger partial charge < -0.3 is 19.5 Å². The fourth-order valence-corrected chi connectivity index (χ4v) is 3.33. The van der Waals surface area contributed by atoms with Crippen molar-refractivity contribution in [2.75, 3.05) is 6.61 Å². The summed E-state index contributed by atoms with van der Waals surface area (Å²) in [4.78, 5) is 51.6. The molecule has 0 unspecified atom stereocenters. The lowest BCUT2D eigenvalue weighted by atomic mass is 10.0. The number of nitrogens with one attached hydrogen (secondary N) is 1. The zero-order valence-corrected chi connectivity index (χ0v) is 19.4. The third kappa shape index (κ3) is 6.81. The first kappa shape index (κ1) is 24.8. The number of nitrogens with zero attached hydrogens (tertiary/aromatic N) is 1. The van der Waals surface area contributed by atoms with Crippen LogP contribution in [-0.4, -0.2) is 53.3 Å². The Morgan fingerprint density at radius 2 is 1.62 bits per heavy atom. The normalized spacial score (nSPS) is 16.4. The first-order valence-electron chi connectivity index (χ1n) is 10.9. The lowest BCUT2D eigenvalue weighted by Gasteiger charge is -2.26. The topological polar surface area (TPSA) is 111 Å². The van der Waals surface area contributed by atoms with Crippen molar-refractivity contribution < 1.29 is 33.4 Å². The maximum Gasteiger partial charge on any atom is 0.417 e. The molecule has 180 valence electrons. The van der Waals surface area contributed by atoms with Gasteiger partial charge in [-0.05, 0) is 31.9 Å². The van der Waals surface area contributed by atoms with Crippen LogP contribution in [0.2, 0.25) is 0 Å². The maximum atomic E-state index is 13.4. The number of benzene rings is 2. The van der Waals surface area contributed by atoms with Crippen LogP contribution in [0.5, 0.6) is 0 Å². The summed E-state index contributed by atoms with van der Waals surface area (Å²) in [5.41, 5.74) is 0.709. The highest BCUT2D eigenvalue weighted by atomic mass is 16.6. The van der Waals surface area contributed by atoms with E-state index in [2.05, 4.69) is 5.32 Å².